The molecular formula is C15H27NO2. The minimum atomic E-state index is -0.648. The van der Waals surface area contributed by atoms with Crippen LogP contribution in [0.3, 0.4) is 0 Å². The lowest BCUT2D eigenvalue weighted by atomic mass is 9.84. The smallest absolute Gasteiger partial charge is 0.303 e. The first kappa shape index (κ1) is 13.9. The van der Waals surface area contributed by atoms with Crippen molar-refractivity contribution in [1.29, 1.82) is 0 Å². The number of aliphatic carboxylic acids is 1. The average molecular weight is 253 g/mol. The predicted molar refractivity (Wildman–Crippen MR) is 72.5 cm³/mol. The summed E-state index contributed by atoms with van der Waals surface area (Å²) in [5.74, 6) is 1.23. The standard InChI is InChI=1S/C15H27NO2/c1-11(8-15(17)18)14-4-3-7-16(10-14)12(2)9-13-5-6-13/h11-14H,3-10H2,1-2H3,(H,17,18). The number of nitrogens with zero attached hydrogens (tertiary/aromatic N) is 1. The summed E-state index contributed by atoms with van der Waals surface area (Å²) in [7, 11) is 0. The van der Waals surface area contributed by atoms with Gasteiger partial charge in [-0.05, 0) is 50.5 Å². The lowest BCUT2D eigenvalue weighted by Crippen LogP contribution is -2.43. The Kier molecular flexibility index (Phi) is 4.66. The van der Waals surface area contributed by atoms with Gasteiger partial charge in [0.05, 0.1) is 0 Å². The van der Waals surface area contributed by atoms with Crippen molar-refractivity contribution < 1.29 is 9.90 Å². The van der Waals surface area contributed by atoms with Crippen molar-refractivity contribution in [2.24, 2.45) is 17.8 Å². The fourth-order valence-electron chi connectivity index (χ4n) is 3.33. The molecule has 1 heterocycles. The molecule has 2 aliphatic rings. The van der Waals surface area contributed by atoms with Gasteiger partial charge in [-0.15, -0.1) is 0 Å². The Hall–Kier alpha value is -0.570. The molecule has 1 N–H and O–H groups in total. The summed E-state index contributed by atoms with van der Waals surface area (Å²) in [6, 6.07) is 0.692. The zero-order valence-corrected chi connectivity index (χ0v) is 11.8. The topological polar surface area (TPSA) is 40.5 Å². The van der Waals surface area contributed by atoms with Crippen LogP contribution in [0, 0.1) is 17.8 Å². The summed E-state index contributed by atoms with van der Waals surface area (Å²) in [5, 5.41) is 8.90. The van der Waals surface area contributed by atoms with Crippen molar-refractivity contribution in [3.05, 3.63) is 0 Å². The van der Waals surface area contributed by atoms with Crippen molar-refractivity contribution in [2.45, 2.75) is 58.4 Å². The van der Waals surface area contributed by atoms with Gasteiger partial charge >= 0.3 is 5.97 Å². The molecule has 0 bridgehead atoms. The SMILES string of the molecule is CC(CC(=O)O)C1CCCN(C(C)CC2CC2)C1. The van der Waals surface area contributed by atoms with Gasteiger partial charge in [0, 0.05) is 19.0 Å². The van der Waals surface area contributed by atoms with Gasteiger partial charge in [-0.3, -0.25) is 4.79 Å². The number of hydrogen-bond donors (Lipinski definition) is 1. The van der Waals surface area contributed by atoms with Crippen molar-refractivity contribution in [3.63, 3.8) is 0 Å². The highest BCUT2D eigenvalue weighted by Gasteiger charge is 2.31. The normalized spacial score (nSPS) is 28.9. The van der Waals surface area contributed by atoms with Gasteiger partial charge in [-0.25, -0.2) is 0 Å². The molecule has 1 aliphatic carbocycles. The molecule has 0 aromatic carbocycles. The summed E-state index contributed by atoms with van der Waals surface area (Å²) in [6.07, 6.45) is 6.98. The van der Waals surface area contributed by atoms with E-state index in [0.717, 1.165) is 12.5 Å². The van der Waals surface area contributed by atoms with Gasteiger partial charge < -0.3 is 10.0 Å². The molecule has 3 heteroatoms. The number of carboxylic acids is 1. The summed E-state index contributed by atoms with van der Waals surface area (Å²) in [5.41, 5.74) is 0. The Morgan fingerprint density at radius 2 is 2.06 bits per heavy atom. The summed E-state index contributed by atoms with van der Waals surface area (Å²) >= 11 is 0. The van der Waals surface area contributed by atoms with Crippen LogP contribution in [-0.4, -0.2) is 35.1 Å². The lowest BCUT2D eigenvalue weighted by molar-refractivity contribution is -0.138. The van der Waals surface area contributed by atoms with Crippen molar-refractivity contribution in [2.75, 3.05) is 13.1 Å². The van der Waals surface area contributed by atoms with E-state index in [1.807, 2.05) is 0 Å². The van der Waals surface area contributed by atoms with Crippen LogP contribution in [0.5, 0.6) is 0 Å². The largest absolute Gasteiger partial charge is 0.481 e. The fourth-order valence-corrected chi connectivity index (χ4v) is 3.33. The summed E-state index contributed by atoms with van der Waals surface area (Å²) in [6.45, 7) is 6.78. The third kappa shape index (κ3) is 3.98. The first-order valence-corrected chi connectivity index (χ1v) is 7.52. The van der Waals surface area contributed by atoms with E-state index >= 15 is 0 Å². The van der Waals surface area contributed by atoms with Crippen molar-refractivity contribution >= 4 is 5.97 Å². The highest BCUT2D eigenvalue weighted by Crippen LogP contribution is 2.36. The number of likely N-dealkylation sites (tertiary alicyclic amines) is 1. The zero-order chi connectivity index (χ0) is 13.1. The molecule has 0 aromatic rings. The Bertz CT molecular complexity index is 288. The van der Waals surface area contributed by atoms with E-state index < -0.39 is 5.97 Å². The summed E-state index contributed by atoms with van der Waals surface area (Å²) < 4.78 is 0. The van der Waals surface area contributed by atoms with Gasteiger partial charge in [-0.1, -0.05) is 19.8 Å². The number of carboxylic acid groups (broad SMARTS) is 1. The monoisotopic (exact) mass is 253 g/mol. The quantitative estimate of drug-likeness (QED) is 0.791. The van der Waals surface area contributed by atoms with E-state index in [-0.39, 0.29) is 0 Å². The third-order valence-electron chi connectivity index (χ3n) is 4.79. The van der Waals surface area contributed by atoms with E-state index in [1.165, 1.54) is 38.6 Å². The highest BCUT2D eigenvalue weighted by molar-refractivity contribution is 5.67. The third-order valence-corrected chi connectivity index (χ3v) is 4.79. The first-order chi connectivity index (χ1) is 8.56. The molecule has 1 aliphatic heterocycles. The van der Waals surface area contributed by atoms with E-state index in [4.69, 9.17) is 5.11 Å². The molecule has 2 fully saturated rings. The van der Waals surface area contributed by atoms with Crippen LogP contribution < -0.4 is 0 Å². The minimum Gasteiger partial charge on any atom is -0.481 e. The maximum Gasteiger partial charge on any atom is 0.303 e. The molecule has 1 saturated carbocycles. The molecule has 0 amide bonds. The van der Waals surface area contributed by atoms with E-state index in [1.54, 1.807) is 0 Å². The molecule has 0 aromatic heterocycles. The van der Waals surface area contributed by atoms with E-state index in [9.17, 15) is 4.79 Å². The van der Waals surface area contributed by atoms with Crippen LogP contribution in [0.1, 0.15) is 52.4 Å². The molecule has 3 atom stereocenters. The molecule has 0 radical (unpaired) electrons. The van der Waals surface area contributed by atoms with Crippen LogP contribution in [0.25, 0.3) is 0 Å². The number of rotatable bonds is 6. The van der Waals surface area contributed by atoms with E-state index in [2.05, 4.69) is 18.7 Å². The molecule has 18 heavy (non-hydrogen) atoms. The molecular weight excluding hydrogens is 226 g/mol. The predicted octanol–water partition coefficient (Wildman–Crippen LogP) is 3.00. The van der Waals surface area contributed by atoms with Crippen LogP contribution >= 0.6 is 0 Å². The fraction of sp³-hybridized carbons (Fsp3) is 0.933. The molecule has 1 saturated heterocycles. The minimum absolute atomic E-state index is 0.318. The van der Waals surface area contributed by atoms with Gasteiger partial charge in [0.1, 0.15) is 0 Å². The molecule has 104 valence electrons. The van der Waals surface area contributed by atoms with Gasteiger partial charge in [-0.2, -0.15) is 0 Å². The number of carbonyl (C=O) groups is 1. The van der Waals surface area contributed by atoms with Crippen molar-refractivity contribution in [3.8, 4) is 0 Å². The second kappa shape index (κ2) is 6.05. The lowest BCUT2D eigenvalue weighted by Gasteiger charge is -2.39. The Morgan fingerprint density at radius 1 is 1.33 bits per heavy atom. The molecule has 3 nitrogen and oxygen atoms in total. The van der Waals surface area contributed by atoms with Gasteiger partial charge in [0.15, 0.2) is 0 Å². The second-order valence-corrected chi connectivity index (χ2v) is 6.50. The first-order valence-electron chi connectivity index (χ1n) is 7.52. The Labute approximate surface area is 111 Å². The number of piperidine rings is 1. The zero-order valence-electron chi connectivity index (χ0n) is 11.8. The van der Waals surface area contributed by atoms with Crippen LogP contribution in [0.15, 0.2) is 0 Å². The molecule has 0 spiro atoms. The summed E-state index contributed by atoms with van der Waals surface area (Å²) in [4.78, 5) is 13.4. The van der Waals surface area contributed by atoms with E-state index in [0.29, 0.717) is 24.3 Å². The van der Waals surface area contributed by atoms with Crippen LogP contribution in [0.4, 0.5) is 0 Å². The maximum atomic E-state index is 10.8. The second-order valence-electron chi connectivity index (χ2n) is 6.50. The van der Waals surface area contributed by atoms with Crippen molar-refractivity contribution in [1.82, 2.24) is 4.90 Å². The molecule has 2 rings (SSSR count). The maximum absolute atomic E-state index is 10.8. The average Bonchev–Trinajstić information content (AvgIpc) is 3.12. The van der Waals surface area contributed by atoms with Gasteiger partial charge in [0.25, 0.3) is 0 Å². The van der Waals surface area contributed by atoms with Gasteiger partial charge in [0.2, 0.25) is 0 Å². The number of hydrogen-bond acceptors (Lipinski definition) is 2. The Morgan fingerprint density at radius 3 is 2.67 bits per heavy atom. The highest BCUT2D eigenvalue weighted by atomic mass is 16.4. The Balaban J connectivity index is 1.80. The van der Waals surface area contributed by atoms with Crippen LogP contribution in [-0.2, 0) is 4.79 Å². The van der Waals surface area contributed by atoms with Crippen LogP contribution in [0.2, 0.25) is 0 Å². The molecule has 3 unspecified atom stereocenters.